The van der Waals surface area contributed by atoms with Crippen LogP contribution in [0.15, 0.2) is 28.7 Å². The van der Waals surface area contributed by atoms with Crippen molar-refractivity contribution in [3.05, 3.63) is 28.7 Å². The fourth-order valence-electron chi connectivity index (χ4n) is 2.14. The van der Waals surface area contributed by atoms with Crippen molar-refractivity contribution in [2.24, 2.45) is 0 Å². The third-order valence-corrected chi connectivity index (χ3v) is 3.61. The second kappa shape index (κ2) is 4.61. The molecule has 0 saturated carbocycles. The molecule has 1 fully saturated rings. The highest BCUT2D eigenvalue weighted by atomic mass is 79.9. The number of nitrogen functional groups attached to an aromatic ring is 1. The Bertz CT molecular complexity index is 542. The highest BCUT2D eigenvalue weighted by Gasteiger charge is 2.18. The summed E-state index contributed by atoms with van der Waals surface area (Å²) in [5.74, 6) is 1.16. The van der Waals surface area contributed by atoms with Crippen LogP contribution in [0, 0.1) is 0 Å². The van der Waals surface area contributed by atoms with Crippen LogP contribution >= 0.6 is 15.9 Å². The monoisotopic (exact) mass is 307 g/mol. The lowest BCUT2D eigenvalue weighted by atomic mass is 10.3. The Morgan fingerprint density at radius 3 is 2.44 bits per heavy atom. The van der Waals surface area contributed by atoms with Gasteiger partial charge in [-0.3, -0.25) is 0 Å². The van der Waals surface area contributed by atoms with E-state index in [1.807, 2.05) is 24.3 Å². The van der Waals surface area contributed by atoms with E-state index in [4.69, 9.17) is 5.73 Å². The summed E-state index contributed by atoms with van der Waals surface area (Å²) in [6.45, 7) is 2.04. The Kier molecular flexibility index (Phi) is 2.95. The van der Waals surface area contributed by atoms with E-state index < -0.39 is 0 Å². The number of nitrogens with two attached hydrogens (primary N) is 1. The average molecular weight is 308 g/mol. The highest BCUT2D eigenvalue weighted by molar-refractivity contribution is 9.10. The summed E-state index contributed by atoms with van der Waals surface area (Å²) >= 11 is 3.41. The number of anilines is 2. The topological polar surface area (TPSA) is 60.0 Å². The molecular weight excluding hydrogens is 294 g/mol. The molecule has 1 aromatic carbocycles. The molecule has 94 valence electrons. The van der Waals surface area contributed by atoms with Gasteiger partial charge in [0.2, 0.25) is 11.9 Å². The van der Waals surface area contributed by atoms with E-state index in [1.165, 1.54) is 12.8 Å². The fourth-order valence-corrected chi connectivity index (χ4v) is 2.40. The smallest absolute Gasteiger partial charge is 0.246 e. The largest absolute Gasteiger partial charge is 0.368 e. The molecule has 1 aromatic heterocycles. The summed E-state index contributed by atoms with van der Waals surface area (Å²) in [6.07, 6.45) is 2.40. The van der Waals surface area contributed by atoms with Crippen molar-refractivity contribution in [2.45, 2.75) is 12.8 Å². The molecule has 2 heterocycles. The lowest BCUT2D eigenvalue weighted by molar-refractivity contribution is 0.847. The van der Waals surface area contributed by atoms with Crippen molar-refractivity contribution in [3.8, 4) is 5.69 Å². The Morgan fingerprint density at radius 2 is 1.78 bits per heavy atom. The summed E-state index contributed by atoms with van der Waals surface area (Å²) in [5, 5.41) is 4.48. The predicted molar refractivity (Wildman–Crippen MR) is 74.9 cm³/mol. The second-order valence-electron chi connectivity index (χ2n) is 4.35. The van der Waals surface area contributed by atoms with Crippen LogP contribution in [0.4, 0.5) is 11.9 Å². The number of nitrogens with zero attached hydrogens (tertiary/aromatic N) is 4. The molecule has 0 radical (unpaired) electrons. The van der Waals surface area contributed by atoms with Crippen molar-refractivity contribution < 1.29 is 0 Å². The lowest BCUT2D eigenvalue weighted by Crippen LogP contribution is -2.19. The SMILES string of the molecule is Nc1nc(N2CCCC2)nn1-c1ccc(Br)cc1. The van der Waals surface area contributed by atoms with Gasteiger partial charge in [0.05, 0.1) is 5.69 Å². The maximum Gasteiger partial charge on any atom is 0.246 e. The van der Waals surface area contributed by atoms with E-state index in [2.05, 4.69) is 30.9 Å². The first-order valence-electron chi connectivity index (χ1n) is 5.97. The van der Waals surface area contributed by atoms with Crippen LogP contribution in [0.5, 0.6) is 0 Å². The van der Waals surface area contributed by atoms with Crippen molar-refractivity contribution in [1.82, 2.24) is 14.8 Å². The molecule has 5 nitrogen and oxygen atoms in total. The van der Waals surface area contributed by atoms with Gasteiger partial charge in [-0.05, 0) is 37.1 Å². The molecule has 1 aliphatic rings. The van der Waals surface area contributed by atoms with E-state index in [0.717, 1.165) is 29.2 Å². The van der Waals surface area contributed by atoms with Gasteiger partial charge in [0.15, 0.2) is 0 Å². The van der Waals surface area contributed by atoms with Gasteiger partial charge in [-0.2, -0.15) is 9.67 Å². The Morgan fingerprint density at radius 1 is 1.11 bits per heavy atom. The van der Waals surface area contributed by atoms with Crippen LogP contribution < -0.4 is 10.6 Å². The standard InChI is InChI=1S/C12H14BrN5/c13-9-3-5-10(6-4-9)18-11(14)15-12(16-18)17-7-1-2-8-17/h3-6H,1-2,7-8H2,(H2,14,15,16). The van der Waals surface area contributed by atoms with E-state index >= 15 is 0 Å². The molecule has 0 unspecified atom stereocenters. The molecule has 0 amide bonds. The quantitative estimate of drug-likeness (QED) is 0.924. The first-order chi connectivity index (χ1) is 8.74. The molecule has 18 heavy (non-hydrogen) atoms. The zero-order valence-corrected chi connectivity index (χ0v) is 11.5. The van der Waals surface area contributed by atoms with Crippen LogP contribution in [0.2, 0.25) is 0 Å². The van der Waals surface area contributed by atoms with Gasteiger partial charge in [0, 0.05) is 17.6 Å². The van der Waals surface area contributed by atoms with Crippen LogP contribution in [-0.4, -0.2) is 27.9 Å². The Labute approximate surface area is 114 Å². The van der Waals surface area contributed by atoms with Crippen LogP contribution in [-0.2, 0) is 0 Å². The molecule has 0 aliphatic carbocycles. The Balaban J connectivity index is 1.94. The molecular formula is C12H14BrN5. The minimum atomic E-state index is 0.430. The van der Waals surface area contributed by atoms with Gasteiger partial charge in [0.25, 0.3) is 0 Å². The Hall–Kier alpha value is -1.56. The molecule has 0 spiro atoms. The van der Waals surface area contributed by atoms with Crippen molar-refractivity contribution in [1.29, 1.82) is 0 Å². The zero-order valence-electron chi connectivity index (χ0n) is 9.88. The van der Waals surface area contributed by atoms with Crippen LogP contribution in [0.3, 0.4) is 0 Å². The first-order valence-corrected chi connectivity index (χ1v) is 6.77. The summed E-state index contributed by atoms with van der Waals surface area (Å²) in [5.41, 5.74) is 6.85. The third-order valence-electron chi connectivity index (χ3n) is 3.08. The summed E-state index contributed by atoms with van der Waals surface area (Å²) in [6, 6.07) is 7.85. The first kappa shape index (κ1) is 11.5. The average Bonchev–Trinajstić information content (AvgIpc) is 2.99. The summed E-state index contributed by atoms with van der Waals surface area (Å²) in [4.78, 5) is 6.51. The number of hydrogen-bond acceptors (Lipinski definition) is 4. The molecule has 0 atom stereocenters. The minimum Gasteiger partial charge on any atom is -0.368 e. The van der Waals surface area contributed by atoms with Gasteiger partial charge in [-0.1, -0.05) is 15.9 Å². The van der Waals surface area contributed by atoms with Crippen molar-refractivity contribution in [3.63, 3.8) is 0 Å². The molecule has 2 aromatic rings. The van der Waals surface area contributed by atoms with E-state index in [0.29, 0.717) is 5.95 Å². The van der Waals surface area contributed by atoms with E-state index in [-0.39, 0.29) is 0 Å². The molecule has 1 saturated heterocycles. The van der Waals surface area contributed by atoms with Crippen molar-refractivity contribution >= 4 is 27.8 Å². The normalized spacial score (nSPS) is 15.3. The second-order valence-corrected chi connectivity index (χ2v) is 5.27. The summed E-state index contributed by atoms with van der Waals surface area (Å²) in [7, 11) is 0. The summed E-state index contributed by atoms with van der Waals surface area (Å²) < 4.78 is 2.71. The highest BCUT2D eigenvalue weighted by Crippen LogP contribution is 2.21. The maximum atomic E-state index is 5.93. The van der Waals surface area contributed by atoms with Gasteiger partial charge in [-0.15, -0.1) is 5.10 Å². The van der Waals surface area contributed by atoms with E-state index in [1.54, 1.807) is 4.68 Å². The number of rotatable bonds is 2. The molecule has 3 rings (SSSR count). The van der Waals surface area contributed by atoms with Crippen LogP contribution in [0.25, 0.3) is 5.69 Å². The lowest BCUT2D eigenvalue weighted by Gasteiger charge is -2.10. The predicted octanol–water partition coefficient (Wildman–Crippen LogP) is 2.21. The third kappa shape index (κ3) is 2.08. The fraction of sp³-hybridized carbons (Fsp3) is 0.333. The van der Waals surface area contributed by atoms with Gasteiger partial charge in [0.1, 0.15) is 0 Å². The molecule has 6 heteroatoms. The van der Waals surface area contributed by atoms with Gasteiger partial charge in [-0.25, -0.2) is 0 Å². The van der Waals surface area contributed by atoms with Gasteiger partial charge < -0.3 is 10.6 Å². The zero-order chi connectivity index (χ0) is 12.5. The molecule has 2 N–H and O–H groups in total. The number of halogens is 1. The number of hydrogen-bond donors (Lipinski definition) is 1. The number of aromatic nitrogens is 3. The molecule has 0 bridgehead atoms. The van der Waals surface area contributed by atoms with Crippen molar-refractivity contribution in [2.75, 3.05) is 23.7 Å². The van der Waals surface area contributed by atoms with Gasteiger partial charge >= 0.3 is 0 Å². The molecule has 1 aliphatic heterocycles. The minimum absolute atomic E-state index is 0.430. The van der Waals surface area contributed by atoms with Crippen LogP contribution in [0.1, 0.15) is 12.8 Å². The van der Waals surface area contributed by atoms with E-state index in [9.17, 15) is 0 Å². The maximum absolute atomic E-state index is 5.93. The number of benzene rings is 1.